The van der Waals surface area contributed by atoms with Crippen molar-refractivity contribution in [2.75, 3.05) is 19.8 Å². The third-order valence-corrected chi connectivity index (χ3v) is 4.25. The van der Waals surface area contributed by atoms with Gasteiger partial charge in [-0.2, -0.15) is 0 Å². The number of ether oxygens (including phenoxy) is 2. The van der Waals surface area contributed by atoms with E-state index in [4.69, 9.17) is 9.47 Å². The van der Waals surface area contributed by atoms with E-state index < -0.39 is 0 Å². The van der Waals surface area contributed by atoms with Crippen LogP contribution in [0.25, 0.3) is 11.1 Å². The maximum Gasteiger partial charge on any atom is 0.338 e. The summed E-state index contributed by atoms with van der Waals surface area (Å²) < 4.78 is 10.8. The summed E-state index contributed by atoms with van der Waals surface area (Å²) >= 11 is 0. The van der Waals surface area contributed by atoms with Crippen LogP contribution in [-0.4, -0.2) is 31.8 Å². The van der Waals surface area contributed by atoms with Crippen LogP contribution in [0.1, 0.15) is 43.1 Å². The lowest BCUT2D eigenvalue weighted by Gasteiger charge is -2.17. The number of hydrogen-bond donors (Lipinski definition) is 1. The standard InChI is InChI=1S/C22H29NO3/c1-4-20(25-5-2)16-23-15-19-14-18(22(24)26-6-3)12-13-21(19)17-10-8-7-9-11-17/h7-14,20,23H,4-6,15-16H2,1-3H3. The lowest BCUT2D eigenvalue weighted by molar-refractivity contribution is 0.0525. The smallest absolute Gasteiger partial charge is 0.338 e. The summed E-state index contributed by atoms with van der Waals surface area (Å²) in [4.78, 5) is 12.1. The predicted octanol–water partition coefficient (Wildman–Crippen LogP) is 4.44. The van der Waals surface area contributed by atoms with Crippen molar-refractivity contribution in [3.8, 4) is 11.1 Å². The zero-order valence-corrected chi connectivity index (χ0v) is 16.0. The van der Waals surface area contributed by atoms with Crippen molar-refractivity contribution >= 4 is 5.97 Å². The molecule has 0 aliphatic carbocycles. The molecule has 0 saturated heterocycles. The maximum atomic E-state index is 12.1. The van der Waals surface area contributed by atoms with Crippen LogP contribution in [-0.2, 0) is 16.0 Å². The van der Waals surface area contributed by atoms with Crippen LogP contribution in [0, 0.1) is 0 Å². The van der Waals surface area contributed by atoms with Gasteiger partial charge in [0.25, 0.3) is 0 Å². The van der Waals surface area contributed by atoms with Crippen molar-refractivity contribution in [1.82, 2.24) is 5.32 Å². The molecule has 0 amide bonds. The van der Waals surface area contributed by atoms with Crippen LogP contribution in [0.4, 0.5) is 0 Å². The fourth-order valence-corrected chi connectivity index (χ4v) is 2.91. The molecule has 0 saturated carbocycles. The summed E-state index contributed by atoms with van der Waals surface area (Å²) in [5, 5.41) is 3.47. The van der Waals surface area contributed by atoms with Gasteiger partial charge < -0.3 is 14.8 Å². The Kier molecular flexibility index (Phi) is 8.32. The van der Waals surface area contributed by atoms with E-state index in [0.717, 1.165) is 29.7 Å². The van der Waals surface area contributed by atoms with Gasteiger partial charge in [0.1, 0.15) is 0 Å². The molecule has 0 fully saturated rings. The first-order valence-electron chi connectivity index (χ1n) is 9.37. The molecular weight excluding hydrogens is 326 g/mol. The quantitative estimate of drug-likeness (QED) is 0.640. The molecule has 1 atom stereocenters. The highest BCUT2D eigenvalue weighted by Gasteiger charge is 2.12. The maximum absolute atomic E-state index is 12.1. The van der Waals surface area contributed by atoms with Gasteiger partial charge in [0.15, 0.2) is 0 Å². The second kappa shape index (κ2) is 10.7. The highest BCUT2D eigenvalue weighted by atomic mass is 16.5. The van der Waals surface area contributed by atoms with Crippen molar-refractivity contribution < 1.29 is 14.3 Å². The zero-order chi connectivity index (χ0) is 18.8. The van der Waals surface area contributed by atoms with E-state index in [2.05, 4.69) is 24.4 Å². The van der Waals surface area contributed by atoms with Crippen LogP contribution >= 0.6 is 0 Å². The van der Waals surface area contributed by atoms with E-state index in [1.807, 2.05) is 50.2 Å². The van der Waals surface area contributed by atoms with Gasteiger partial charge in [-0.05, 0) is 49.1 Å². The second-order valence-corrected chi connectivity index (χ2v) is 6.07. The molecule has 0 radical (unpaired) electrons. The molecule has 0 aliphatic rings. The van der Waals surface area contributed by atoms with Crippen molar-refractivity contribution in [2.24, 2.45) is 0 Å². The first kappa shape index (κ1) is 20.1. The monoisotopic (exact) mass is 355 g/mol. The van der Waals surface area contributed by atoms with E-state index in [9.17, 15) is 4.79 Å². The minimum atomic E-state index is -0.283. The Hall–Kier alpha value is -2.17. The van der Waals surface area contributed by atoms with Crippen LogP contribution in [0.3, 0.4) is 0 Å². The fourth-order valence-electron chi connectivity index (χ4n) is 2.91. The van der Waals surface area contributed by atoms with Crippen molar-refractivity contribution in [1.29, 1.82) is 0 Å². The highest BCUT2D eigenvalue weighted by molar-refractivity contribution is 5.90. The first-order valence-corrected chi connectivity index (χ1v) is 9.37. The predicted molar refractivity (Wildman–Crippen MR) is 105 cm³/mol. The molecule has 4 nitrogen and oxygen atoms in total. The van der Waals surface area contributed by atoms with Gasteiger partial charge in [-0.1, -0.05) is 43.3 Å². The number of rotatable bonds is 10. The molecule has 0 aliphatic heterocycles. The van der Waals surface area contributed by atoms with Gasteiger partial charge in [-0.3, -0.25) is 0 Å². The number of carbonyl (C=O) groups is 1. The van der Waals surface area contributed by atoms with Gasteiger partial charge in [0, 0.05) is 19.7 Å². The molecule has 26 heavy (non-hydrogen) atoms. The molecule has 0 bridgehead atoms. The van der Waals surface area contributed by atoms with E-state index in [0.29, 0.717) is 25.3 Å². The van der Waals surface area contributed by atoms with E-state index >= 15 is 0 Å². The van der Waals surface area contributed by atoms with Gasteiger partial charge >= 0.3 is 5.97 Å². The summed E-state index contributed by atoms with van der Waals surface area (Å²) in [5.41, 5.74) is 3.92. The number of nitrogens with one attached hydrogen (secondary N) is 1. The molecule has 2 rings (SSSR count). The van der Waals surface area contributed by atoms with E-state index in [1.165, 1.54) is 0 Å². The Morgan fingerprint density at radius 3 is 2.46 bits per heavy atom. The summed E-state index contributed by atoms with van der Waals surface area (Å²) in [6.07, 6.45) is 1.17. The third kappa shape index (κ3) is 5.68. The Bertz CT molecular complexity index is 685. The van der Waals surface area contributed by atoms with E-state index in [1.54, 1.807) is 0 Å². The van der Waals surface area contributed by atoms with Gasteiger partial charge in [-0.25, -0.2) is 4.79 Å². The summed E-state index contributed by atoms with van der Waals surface area (Å²) in [5.74, 6) is -0.283. The molecule has 0 spiro atoms. The van der Waals surface area contributed by atoms with E-state index in [-0.39, 0.29) is 12.1 Å². The fraction of sp³-hybridized carbons (Fsp3) is 0.409. The van der Waals surface area contributed by atoms with Gasteiger partial charge in [0.05, 0.1) is 18.3 Å². The van der Waals surface area contributed by atoms with Gasteiger partial charge in [0.2, 0.25) is 0 Å². The summed E-state index contributed by atoms with van der Waals surface area (Å²) in [7, 11) is 0. The number of carbonyl (C=O) groups excluding carboxylic acids is 1. The number of benzene rings is 2. The average molecular weight is 355 g/mol. The Morgan fingerprint density at radius 2 is 1.81 bits per heavy atom. The topological polar surface area (TPSA) is 47.6 Å². The molecule has 1 unspecified atom stereocenters. The highest BCUT2D eigenvalue weighted by Crippen LogP contribution is 2.25. The lowest BCUT2D eigenvalue weighted by Crippen LogP contribution is -2.28. The number of hydrogen-bond acceptors (Lipinski definition) is 4. The van der Waals surface area contributed by atoms with Gasteiger partial charge in [-0.15, -0.1) is 0 Å². The largest absolute Gasteiger partial charge is 0.462 e. The van der Waals surface area contributed by atoms with Crippen molar-refractivity contribution in [3.05, 3.63) is 59.7 Å². The molecule has 1 N–H and O–H groups in total. The molecule has 4 heteroatoms. The summed E-state index contributed by atoms with van der Waals surface area (Å²) in [6.45, 7) is 8.49. The Labute approximate surface area is 156 Å². The molecule has 0 aromatic heterocycles. The minimum Gasteiger partial charge on any atom is -0.462 e. The molecular formula is C22H29NO3. The Morgan fingerprint density at radius 1 is 1.04 bits per heavy atom. The third-order valence-electron chi connectivity index (χ3n) is 4.25. The molecule has 2 aromatic carbocycles. The lowest BCUT2D eigenvalue weighted by atomic mass is 9.97. The zero-order valence-electron chi connectivity index (χ0n) is 16.0. The normalized spacial score (nSPS) is 12.0. The first-order chi connectivity index (χ1) is 12.7. The minimum absolute atomic E-state index is 0.202. The molecule has 2 aromatic rings. The Balaban J connectivity index is 2.21. The molecule has 140 valence electrons. The van der Waals surface area contributed by atoms with Crippen LogP contribution in [0.2, 0.25) is 0 Å². The molecule has 0 heterocycles. The van der Waals surface area contributed by atoms with Crippen molar-refractivity contribution in [2.45, 2.75) is 39.8 Å². The number of esters is 1. The second-order valence-electron chi connectivity index (χ2n) is 6.07. The van der Waals surface area contributed by atoms with Crippen molar-refractivity contribution in [3.63, 3.8) is 0 Å². The van der Waals surface area contributed by atoms with Crippen LogP contribution < -0.4 is 5.32 Å². The van der Waals surface area contributed by atoms with Crippen LogP contribution in [0.5, 0.6) is 0 Å². The average Bonchev–Trinajstić information content (AvgIpc) is 2.68. The SMILES string of the molecule is CCOC(=O)c1ccc(-c2ccccc2)c(CNCC(CC)OCC)c1. The summed E-state index contributed by atoms with van der Waals surface area (Å²) in [6, 6.07) is 16.0. The van der Waals surface area contributed by atoms with Crippen LogP contribution in [0.15, 0.2) is 48.5 Å².